The lowest BCUT2D eigenvalue weighted by Crippen LogP contribution is -2.43. The second kappa shape index (κ2) is 10.8. The van der Waals surface area contributed by atoms with Gasteiger partial charge < -0.3 is 15.5 Å². The van der Waals surface area contributed by atoms with E-state index in [9.17, 15) is 0 Å². The molecule has 0 fully saturated rings. The molecule has 1 unspecified atom stereocenters. The first-order chi connectivity index (χ1) is 13.9. The Hall–Kier alpha value is -2.57. The van der Waals surface area contributed by atoms with Gasteiger partial charge in [-0.1, -0.05) is 6.07 Å². The highest BCUT2D eigenvalue weighted by atomic mass is 15.3. The monoisotopic (exact) mass is 399 g/mol. The van der Waals surface area contributed by atoms with Crippen LogP contribution in [0.1, 0.15) is 50.2 Å². The Kier molecular flexibility index (Phi) is 8.49. The van der Waals surface area contributed by atoms with Crippen molar-refractivity contribution in [3.63, 3.8) is 0 Å². The highest BCUT2D eigenvalue weighted by Gasteiger charge is 2.14. The van der Waals surface area contributed by atoms with Crippen LogP contribution in [-0.4, -0.2) is 46.4 Å². The minimum absolute atomic E-state index is 0.248. The van der Waals surface area contributed by atoms with Crippen LogP contribution in [0.3, 0.4) is 0 Å². The van der Waals surface area contributed by atoms with Crippen molar-refractivity contribution in [1.82, 2.24) is 25.4 Å². The molecule has 0 radical (unpaired) electrons. The van der Waals surface area contributed by atoms with E-state index in [0.717, 1.165) is 49.1 Å². The van der Waals surface area contributed by atoms with E-state index in [2.05, 4.69) is 79.3 Å². The average molecular weight is 400 g/mol. The van der Waals surface area contributed by atoms with Crippen LogP contribution in [0.25, 0.3) is 0 Å². The molecule has 7 nitrogen and oxygen atoms in total. The Bertz CT molecular complexity index is 788. The maximum atomic E-state index is 4.75. The van der Waals surface area contributed by atoms with Gasteiger partial charge in [0.05, 0.1) is 12.2 Å². The zero-order valence-corrected chi connectivity index (χ0v) is 19.1. The van der Waals surface area contributed by atoms with Crippen molar-refractivity contribution < 1.29 is 0 Å². The zero-order valence-electron chi connectivity index (χ0n) is 19.1. The summed E-state index contributed by atoms with van der Waals surface area (Å²) in [7, 11) is 2.00. The lowest BCUT2D eigenvalue weighted by Gasteiger charge is -2.20. The van der Waals surface area contributed by atoms with Crippen LogP contribution in [0.2, 0.25) is 0 Å². The predicted molar refractivity (Wildman–Crippen MR) is 122 cm³/mol. The van der Waals surface area contributed by atoms with Crippen molar-refractivity contribution >= 4 is 11.8 Å². The first-order valence-corrected chi connectivity index (χ1v) is 10.6. The van der Waals surface area contributed by atoms with Crippen LogP contribution in [0, 0.1) is 13.8 Å². The predicted octanol–water partition coefficient (Wildman–Crippen LogP) is 2.96. The SMILES string of the molecule is CCNC(=NCc1ccc(N(CC)CC)nc1)NC(C)Cc1c(C)nn(C)c1C. The molecule has 2 rings (SSSR count). The van der Waals surface area contributed by atoms with Gasteiger partial charge in [-0.3, -0.25) is 4.68 Å². The van der Waals surface area contributed by atoms with E-state index < -0.39 is 0 Å². The number of aryl methyl sites for hydroxylation is 2. The van der Waals surface area contributed by atoms with Crippen LogP contribution >= 0.6 is 0 Å². The largest absolute Gasteiger partial charge is 0.357 e. The molecule has 2 N–H and O–H groups in total. The Morgan fingerprint density at radius 3 is 2.45 bits per heavy atom. The number of hydrogen-bond acceptors (Lipinski definition) is 4. The molecule has 0 saturated carbocycles. The highest BCUT2D eigenvalue weighted by Crippen LogP contribution is 2.14. The number of rotatable bonds is 9. The third-order valence-electron chi connectivity index (χ3n) is 5.21. The molecular formula is C22H37N7. The molecule has 0 saturated heterocycles. The van der Waals surface area contributed by atoms with Gasteiger partial charge in [0.2, 0.25) is 0 Å². The van der Waals surface area contributed by atoms with Crippen molar-refractivity contribution in [2.45, 2.75) is 60.5 Å². The van der Waals surface area contributed by atoms with Crippen molar-refractivity contribution in [2.24, 2.45) is 12.0 Å². The molecule has 0 amide bonds. The van der Waals surface area contributed by atoms with Gasteiger partial charge in [-0.25, -0.2) is 9.98 Å². The van der Waals surface area contributed by atoms with Gasteiger partial charge in [0.25, 0.3) is 0 Å². The summed E-state index contributed by atoms with van der Waals surface area (Å²) >= 11 is 0. The van der Waals surface area contributed by atoms with Gasteiger partial charge in [-0.15, -0.1) is 0 Å². The number of aliphatic imine (C=N–C) groups is 1. The normalized spacial score (nSPS) is 12.7. The molecule has 1 atom stereocenters. The number of anilines is 1. The molecule has 0 spiro atoms. The molecule has 2 aromatic heterocycles. The van der Waals surface area contributed by atoms with Gasteiger partial charge >= 0.3 is 0 Å². The number of hydrogen-bond donors (Lipinski definition) is 2. The standard InChI is InChI=1S/C22H37N7/c1-8-23-22(26-16(4)13-20-17(5)27-28(7)18(20)6)25-15-19-11-12-21(24-14-19)29(9-2)10-3/h11-12,14,16H,8-10,13,15H2,1-7H3,(H2,23,25,26). The maximum Gasteiger partial charge on any atom is 0.191 e. The summed E-state index contributed by atoms with van der Waals surface area (Å²) < 4.78 is 1.95. The first kappa shape index (κ1) is 22.7. The number of guanidine groups is 1. The van der Waals surface area contributed by atoms with E-state index in [0.29, 0.717) is 6.54 Å². The van der Waals surface area contributed by atoms with E-state index in [1.165, 1.54) is 11.3 Å². The fourth-order valence-corrected chi connectivity index (χ4v) is 3.44. The maximum absolute atomic E-state index is 4.75. The van der Waals surface area contributed by atoms with Crippen LogP contribution in [0.15, 0.2) is 23.3 Å². The smallest absolute Gasteiger partial charge is 0.191 e. The van der Waals surface area contributed by atoms with E-state index in [4.69, 9.17) is 4.99 Å². The lowest BCUT2D eigenvalue weighted by atomic mass is 10.1. The minimum atomic E-state index is 0.248. The quantitative estimate of drug-likeness (QED) is 0.501. The van der Waals surface area contributed by atoms with Gasteiger partial charge in [0.15, 0.2) is 5.96 Å². The number of pyridine rings is 1. The Balaban J connectivity index is 2.01. The first-order valence-electron chi connectivity index (χ1n) is 10.6. The highest BCUT2D eigenvalue weighted by molar-refractivity contribution is 5.80. The van der Waals surface area contributed by atoms with Crippen LogP contribution in [-0.2, 0) is 20.0 Å². The molecule has 29 heavy (non-hydrogen) atoms. The fourth-order valence-electron chi connectivity index (χ4n) is 3.44. The summed E-state index contributed by atoms with van der Waals surface area (Å²) in [6.45, 7) is 16.1. The van der Waals surface area contributed by atoms with Gasteiger partial charge in [-0.2, -0.15) is 5.10 Å². The van der Waals surface area contributed by atoms with Crippen LogP contribution < -0.4 is 15.5 Å². The lowest BCUT2D eigenvalue weighted by molar-refractivity contribution is 0.635. The third kappa shape index (κ3) is 6.21. The van der Waals surface area contributed by atoms with Gasteiger partial charge in [0, 0.05) is 44.6 Å². The summed E-state index contributed by atoms with van der Waals surface area (Å²) in [6.07, 6.45) is 2.84. The molecule has 0 aliphatic heterocycles. The zero-order chi connectivity index (χ0) is 21.4. The van der Waals surface area contributed by atoms with Crippen molar-refractivity contribution in [1.29, 1.82) is 0 Å². The Morgan fingerprint density at radius 1 is 1.21 bits per heavy atom. The molecule has 2 aromatic rings. The Labute approximate surface area is 175 Å². The summed E-state index contributed by atoms with van der Waals surface area (Å²) in [6, 6.07) is 4.44. The van der Waals surface area contributed by atoms with E-state index in [-0.39, 0.29) is 6.04 Å². The van der Waals surface area contributed by atoms with Crippen molar-refractivity contribution in [3.05, 3.63) is 40.8 Å². The molecule has 0 bridgehead atoms. The average Bonchev–Trinajstić information content (AvgIpc) is 2.94. The van der Waals surface area contributed by atoms with E-state index in [1.807, 2.05) is 17.9 Å². The molecule has 0 aliphatic rings. The van der Waals surface area contributed by atoms with Gasteiger partial charge in [0.1, 0.15) is 5.82 Å². The third-order valence-corrected chi connectivity index (χ3v) is 5.21. The molecule has 160 valence electrons. The number of aromatic nitrogens is 3. The molecule has 7 heteroatoms. The van der Waals surface area contributed by atoms with Crippen molar-refractivity contribution in [3.8, 4) is 0 Å². The van der Waals surface area contributed by atoms with Crippen LogP contribution in [0.5, 0.6) is 0 Å². The molecule has 2 heterocycles. The van der Waals surface area contributed by atoms with E-state index in [1.54, 1.807) is 0 Å². The minimum Gasteiger partial charge on any atom is -0.357 e. The summed E-state index contributed by atoms with van der Waals surface area (Å²) in [5.74, 6) is 1.84. The second-order valence-electron chi connectivity index (χ2n) is 7.41. The molecule has 0 aliphatic carbocycles. The van der Waals surface area contributed by atoms with Crippen molar-refractivity contribution in [2.75, 3.05) is 24.5 Å². The van der Waals surface area contributed by atoms with Gasteiger partial charge in [-0.05, 0) is 65.2 Å². The molecule has 0 aromatic carbocycles. The Morgan fingerprint density at radius 2 is 1.93 bits per heavy atom. The molecular weight excluding hydrogens is 362 g/mol. The number of nitrogens with one attached hydrogen (secondary N) is 2. The van der Waals surface area contributed by atoms with E-state index >= 15 is 0 Å². The summed E-state index contributed by atoms with van der Waals surface area (Å²) in [5.41, 5.74) is 4.72. The second-order valence-corrected chi connectivity index (χ2v) is 7.41. The summed E-state index contributed by atoms with van der Waals surface area (Å²) in [4.78, 5) is 11.6. The van der Waals surface area contributed by atoms with Crippen LogP contribution in [0.4, 0.5) is 5.82 Å². The summed E-state index contributed by atoms with van der Waals surface area (Å²) in [5, 5.41) is 11.4. The topological polar surface area (TPSA) is 70.4 Å². The fraction of sp³-hybridized carbons (Fsp3) is 0.591. The number of nitrogens with zero attached hydrogens (tertiary/aromatic N) is 5.